The van der Waals surface area contributed by atoms with Crippen LogP contribution in [0.5, 0.6) is 5.88 Å². The Hall–Kier alpha value is -2.35. The maximum Gasteiger partial charge on any atom is 0.534 e. The second-order valence-electron chi connectivity index (χ2n) is 5.93. The summed E-state index contributed by atoms with van der Waals surface area (Å²) in [5, 5.41) is 2.91. The number of fused-ring (bicyclic) bond motifs is 3. The van der Waals surface area contributed by atoms with Gasteiger partial charge in [-0.05, 0) is 27.6 Å². The molecule has 0 spiro atoms. The number of aromatic nitrogens is 1. The summed E-state index contributed by atoms with van der Waals surface area (Å²) < 4.78 is 63.8. The molecule has 25 heavy (non-hydrogen) atoms. The van der Waals surface area contributed by atoms with E-state index in [1.165, 1.54) is 12.3 Å². The number of hydrogen-bond acceptors (Lipinski definition) is 4. The molecule has 2 aromatic carbocycles. The van der Waals surface area contributed by atoms with Crippen LogP contribution in [0.15, 0.2) is 42.6 Å². The monoisotopic (exact) mass is 369 g/mol. The Labute approximate surface area is 142 Å². The molecule has 132 valence electrons. The molecular weight excluding hydrogens is 355 g/mol. The zero-order valence-electron chi connectivity index (χ0n) is 13.3. The lowest BCUT2D eigenvalue weighted by Crippen LogP contribution is -2.28. The van der Waals surface area contributed by atoms with Gasteiger partial charge in [0.05, 0.1) is 0 Å². The van der Waals surface area contributed by atoms with Gasteiger partial charge in [0, 0.05) is 17.6 Å². The van der Waals surface area contributed by atoms with Crippen LogP contribution in [-0.4, -0.2) is 18.9 Å². The summed E-state index contributed by atoms with van der Waals surface area (Å²) in [5.74, 6) is -0.293. The smallest absolute Gasteiger partial charge is 0.355 e. The predicted octanol–water partition coefficient (Wildman–Crippen LogP) is 4.74. The van der Waals surface area contributed by atoms with Crippen molar-refractivity contribution in [1.29, 1.82) is 0 Å². The lowest BCUT2D eigenvalue weighted by molar-refractivity contribution is -0.0501. The summed E-state index contributed by atoms with van der Waals surface area (Å²) >= 11 is 0. The molecule has 0 saturated heterocycles. The Bertz CT molecular complexity index is 1060. The minimum Gasteiger partial charge on any atom is -0.355 e. The fourth-order valence-electron chi connectivity index (χ4n) is 2.52. The van der Waals surface area contributed by atoms with E-state index in [2.05, 4.69) is 23.0 Å². The van der Waals surface area contributed by atoms with Crippen molar-refractivity contribution in [1.82, 2.24) is 4.98 Å². The van der Waals surface area contributed by atoms with Gasteiger partial charge in [-0.25, -0.2) is 4.98 Å². The van der Waals surface area contributed by atoms with Crippen molar-refractivity contribution in [3.63, 3.8) is 0 Å². The molecule has 0 aliphatic carbocycles. The van der Waals surface area contributed by atoms with E-state index in [-0.39, 0.29) is 0 Å². The maximum absolute atomic E-state index is 12.5. The quantitative estimate of drug-likeness (QED) is 0.380. The largest absolute Gasteiger partial charge is 0.534 e. The molecular formula is C17H14F3NO3S. The van der Waals surface area contributed by atoms with Crippen molar-refractivity contribution in [3.8, 4) is 5.88 Å². The minimum atomic E-state index is -5.75. The average Bonchev–Trinajstić information content (AvgIpc) is 2.52. The van der Waals surface area contributed by atoms with Gasteiger partial charge in [0.1, 0.15) is 0 Å². The van der Waals surface area contributed by atoms with Gasteiger partial charge in [-0.2, -0.15) is 21.6 Å². The molecule has 0 bridgehead atoms. The normalized spacial score (nSPS) is 12.9. The summed E-state index contributed by atoms with van der Waals surface area (Å²) in [6.07, 6.45) is 1.28. The van der Waals surface area contributed by atoms with E-state index in [0.29, 0.717) is 16.7 Å². The molecule has 1 heterocycles. The van der Waals surface area contributed by atoms with Gasteiger partial charge < -0.3 is 4.18 Å². The molecule has 3 aromatic rings. The van der Waals surface area contributed by atoms with Crippen LogP contribution in [0.1, 0.15) is 25.3 Å². The summed E-state index contributed by atoms with van der Waals surface area (Å²) in [7, 11) is -5.75. The van der Waals surface area contributed by atoms with Gasteiger partial charge in [-0.3, -0.25) is 0 Å². The van der Waals surface area contributed by atoms with Gasteiger partial charge >= 0.3 is 15.6 Å². The molecule has 4 nitrogen and oxygen atoms in total. The first-order valence-corrected chi connectivity index (χ1v) is 8.82. The Balaban J connectivity index is 2.14. The third-order valence-corrected chi connectivity index (χ3v) is 4.82. The van der Waals surface area contributed by atoms with Crippen LogP contribution >= 0.6 is 0 Å². The number of hydrogen-bond donors (Lipinski definition) is 0. The first-order chi connectivity index (χ1) is 11.6. The highest BCUT2D eigenvalue weighted by Gasteiger charge is 2.48. The Morgan fingerprint density at radius 3 is 2.32 bits per heavy atom. The van der Waals surface area contributed by atoms with Crippen LogP contribution in [-0.2, 0) is 10.1 Å². The molecule has 0 unspecified atom stereocenters. The van der Waals surface area contributed by atoms with Gasteiger partial charge in [0.15, 0.2) is 0 Å². The number of halogens is 3. The molecule has 0 N–H and O–H groups in total. The third-order valence-electron chi connectivity index (χ3n) is 3.86. The number of rotatable bonds is 3. The molecule has 1 aromatic heterocycles. The van der Waals surface area contributed by atoms with Crippen molar-refractivity contribution >= 4 is 31.7 Å². The van der Waals surface area contributed by atoms with Gasteiger partial charge in [0.25, 0.3) is 0 Å². The van der Waals surface area contributed by atoms with Crippen molar-refractivity contribution in [2.75, 3.05) is 0 Å². The first kappa shape index (κ1) is 17.5. The van der Waals surface area contributed by atoms with Crippen molar-refractivity contribution in [2.45, 2.75) is 25.3 Å². The molecule has 0 saturated carbocycles. The minimum absolute atomic E-state index is 0.327. The van der Waals surface area contributed by atoms with E-state index >= 15 is 0 Å². The van der Waals surface area contributed by atoms with Crippen LogP contribution in [0.3, 0.4) is 0 Å². The lowest BCUT2D eigenvalue weighted by Gasteiger charge is -2.11. The fraction of sp³-hybridized carbons (Fsp3) is 0.235. The van der Waals surface area contributed by atoms with Gasteiger partial charge in [-0.15, -0.1) is 0 Å². The van der Waals surface area contributed by atoms with E-state index in [0.717, 1.165) is 16.3 Å². The lowest BCUT2D eigenvalue weighted by atomic mass is 9.97. The zero-order chi connectivity index (χ0) is 18.4. The number of nitrogens with zero attached hydrogens (tertiary/aromatic N) is 1. The highest BCUT2D eigenvalue weighted by Crippen LogP contribution is 2.31. The summed E-state index contributed by atoms with van der Waals surface area (Å²) in [5.41, 5.74) is -4.38. The van der Waals surface area contributed by atoms with Crippen LogP contribution < -0.4 is 4.18 Å². The molecule has 0 atom stereocenters. The number of alkyl halides is 3. The second-order valence-corrected chi connectivity index (χ2v) is 7.47. The Kier molecular flexibility index (Phi) is 4.10. The van der Waals surface area contributed by atoms with E-state index in [4.69, 9.17) is 0 Å². The Morgan fingerprint density at radius 1 is 1.00 bits per heavy atom. The van der Waals surface area contributed by atoms with Gasteiger partial charge in [0.2, 0.25) is 5.88 Å². The van der Waals surface area contributed by atoms with Crippen molar-refractivity contribution < 1.29 is 25.8 Å². The van der Waals surface area contributed by atoms with E-state index in [9.17, 15) is 21.6 Å². The molecule has 0 radical (unpaired) electrons. The maximum atomic E-state index is 12.5. The Morgan fingerprint density at radius 2 is 1.68 bits per heavy atom. The first-order valence-electron chi connectivity index (χ1n) is 7.42. The third kappa shape index (κ3) is 3.26. The van der Waals surface area contributed by atoms with Crippen LogP contribution in [0.4, 0.5) is 13.2 Å². The van der Waals surface area contributed by atoms with Crippen LogP contribution in [0.2, 0.25) is 0 Å². The van der Waals surface area contributed by atoms with Crippen LogP contribution in [0.25, 0.3) is 21.5 Å². The van der Waals surface area contributed by atoms with E-state index in [1.807, 2.05) is 24.3 Å². The summed E-state index contributed by atoms with van der Waals surface area (Å²) in [6, 6.07) is 10.6. The standard InChI is InChI=1S/C17H14F3NO3S/c1-10(2)11-5-6-14-12(7-11)3-4-13-9-21-16(8-15(13)14)24-25(22,23)17(18,19)20/h3-10H,1-2H3. The molecule has 8 heteroatoms. The average molecular weight is 369 g/mol. The van der Waals surface area contributed by atoms with E-state index < -0.39 is 21.5 Å². The second kappa shape index (κ2) is 5.87. The molecule has 0 amide bonds. The van der Waals surface area contributed by atoms with Crippen LogP contribution in [0, 0.1) is 0 Å². The van der Waals surface area contributed by atoms with E-state index in [1.54, 1.807) is 6.07 Å². The number of benzene rings is 2. The highest BCUT2D eigenvalue weighted by atomic mass is 32.2. The number of pyridine rings is 1. The molecule has 3 rings (SSSR count). The van der Waals surface area contributed by atoms with Crippen molar-refractivity contribution in [3.05, 3.63) is 48.2 Å². The summed E-state index contributed by atoms with van der Waals surface area (Å²) in [6.45, 7) is 4.11. The zero-order valence-corrected chi connectivity index (χ0v) is 14.1. The topological polar surface area (TPSA) is 56.3 Å². The molecule has 0 fully saturated rings. The molecule has 0 aliphatic heterocycles. The SMILES string of the molecule is CC(C)c1ccc2c(ccc3cnc(OS(=O)(=O)C(F)(F)F)cc32)c1. The highest BCUT2D eigenvalue weighted by molar-refractivity contribution is 7.87. The van der Waals surface area contributed by atoms with Gasteiger partial charge in [-0.1, -0.05) is 44.2 Å². The molecule has 0 aliphatic rings. The van der Waals surface area contributed by atoms with Crippen molar-refractivity contribution in [2.24, 2.45) is 0 Å². The predicted molar refractivity (Wildman–Crippen MR) is 88.9 cm³/mol. The fourth-order valence-corrected chi connectivity index (χ4v) is 2.93. The summed E-state index contributed by atoms with van der Waals surface area (Å²) in [4.78, 5) is 3.66.